The number of hydrogen-bond donors (Lipinski definition) is 0. The Labute approximate surface area is 198 Å². The van der Waals surface area contributed by atoms with Crippen LogP contribution < -0.4 is 15.2 Å². The Morgan fingerprint density at radius 3 is 2.48 bits per heavy atom. The molecule has 3 heterocycles. The fraction of sp³-hybridized carbons (Fsp3) is 0.217. The van der Waals surface area contributed by atoms with E-state index in [1.807, 2.05) is 35.2 Å². The molecule has 5 rings (SSSR count). The molecule has 0 unspecified atom stereocenters. The van der Waals surface area contributed by atoms with Gasteiger partial charge in [0.1, 0.15) is 16.6 Å². The highest BCUT2D eigenvalue weighted by atomic mass is 35.5. The number of hydrogen-bond acceptors (Lipinski definition) is 7. The summed E-state index contributed by atoms with van der Waals surface area (Å²) in [7, 11) is 0. The molecular formula is C23H20ClN5O3S. The van der Waals surface area contributed by atoms with Crippen LogP contribution >= 0.6 is 22.9 Å². The minimum atomic E-state index is -0.219. The summed E-state index contributed by atoms with van der Waals surface area (Å²) in [6.45, 7) is 2.19. The van der Waals surface area contributed by atoms with Gasteiger partial charge in [-0.1, -0.05) is 53.3 Å². The maximum atomic E-state index is 12.7. The first-order valence-corrected chi connectivity index (χ1v) is 11.6. The number of halogens is 1. The van der Waals surface area contributed by atoms with Crippen molar-refractivity contribution >= 4 is 39.6 Å². The molecule has 0 bridgehead atoms. The Bertz CT molecular complexity index is 1330. The summed E-state index contributed by atoms with van der Waals surface area (Å²) in [6.07, 6.45) is 0. The van der Waals surface area contributed by atoms with Crippen molar-refractivity contribution in [1.29, 1.82) is 0 Å². The Balaban J connectivity index is 1.24. The van der Waals surface area contributed by atoms with E-state index in [0.29, 0.717) is 47.7 Å². The number of carbonyl (C=O) groups is 1. The van der Waals surface area contributed by atoms with Crippen molar-refractivity contribution in [2.24, 2.45) is 0 Å². The van der Waals surface area contributed by atoms with Gasteiger partial charge in [0.15, 0.2) is 6.61 Å². The molecule has 1 aliphatic heterocycles. The van der Waals surface area contributed by atoms with Crippen LogP contribution in [-0.2, 0) is 4.79 Å². The number of carbonyl (C=O) groups excluding carboxylic acids is 1. The summed E-state index contributed by atoms with van der Waals surface area (Å²) in [5.74, 6) is 1.12. The van der Waals surface area contributed by atoms with Crippen molar-refractivity contribution in [2.75, 3.05) is 37.7 Å². The number of piperazine rings is 1. The summed E-state index contributed by atoms with van der Waals surface area (Å²) in [6, 6.07) is 18.1. The number of amides is 1. The van der Waals surface area contributed by atoms with E-state index in [4.69, 9.17) is 16.3 Å². The average Bonchev–Trinajstić information content (AvgIpc) is 3.29. The molecule has 0 spiro atoms. The third-order valence-electron chi connectivity index (χ3n) is 5.38. The van der Waals surface area contributed by atoms with Crippen LogP contribution in [0, 0.1) is 0 Å². The van der Waals surface area contributed by atoms with Crippen molar-refractivity contribution in [2.45, 2.75) is 0 Å². The number of fused-ring (bicyclic) bond motifs is 1. The summed E-state index contributed by atoms with van der Waals surface area (Å²) in [5, 5.41) is 5.78. The number of nitrogens with zero attached hydrogens (tertiary/aromatic N) is 5. The van der Waals surface area contributed by atoms with Gasteiger partial charge in [-0.2, -0.15) is 9.61 Å². The minimum Gasteiger partial charge on any atom is -0.484 e. The van der Waals surface area contributed by atoms with Gasteiger partial charge in [-0.05, 0) is 24.3 Å². The normalized spacial score (nSPS) is 14.0. The Morgan fingerprint density at radius 2 is 1.76 bits per heavy atom. The van der Waals surface area contributed by atoms with E-state index in [1.165, 1.54) is 21.9 Å². The summed E-state index contributed by atoms with van der Waals surface area (Å²) >= 11 is 7.25. The number of benzene rings is 2. The lowest BCUT2D eigenvalue weighted by Gasteiger charge is -2.35. The van der Waals surface area contributed by atoms with Gasteiger partial charge >= 0.3 is 0 Å². The van der Waals surface area contributed by atoms with Gasteiger partial charge in [-0.25, -0.2) is 4.98 Å². The number of ether oxygens (including phenoxy) is 1. The molecule has 8 nitrogen and oxygen atoms in total. The predicted octanol–water partition coefficient (Wildman–Crippen LogP) is 3.20. The molecule has 10 heteroatoms. The first kappa shape index (κ1) is 21.4. The summed E-state index contributed by atoms with van der Waals surface area (Å²) in [4.78, 5) is 34.2. The fourth-order valence-electron chi connectivity index (χ4n) is 3.61. The second-order valence-electron chi connectivity index (χ2n) is 7.53. The van der Waals surface area contributed by atoms with Crippen molar-refractivity contribution in [3.8, 4) is 16.3 Å². The average molecular weight is 482 g/mol. The van der Waals surface area contributed by atoms with Crippen molar-refractivity contribution in [3.05, 3.63) is 76.0 Å². The molecule has 168 valence electrons. The second kappa shape index (κ2) is 9.21. The quantitative estimate of drug-likeness (QED) is 0.435. The molecule has 0 radical (unpaired) electrons. The van der Waals surface area contributed by atoms with Crippen molar-refractivity contribution in [1.82, 2.24) is 19.5 Å². The molecule has 1 saturated heterocycles. The molecule has 1 fully saturated rings. The van der Waals surface area contributed by atoms with Crippen LogP contribution in [0.4, 0.5) is 5.82 Å². The summed E-state index contributed by atoms with van der Waals surface area (Å²) < 4.78 is 6.90. The minimum absolute atomic E-state index is 0.0314. The molecule has 2 aromatic heterocycles. The molecule has 2 aromatic carbocycles. The third kappa shape index (κ3) is 4.69. The van der Waals surface area contributed by atoms with E-state index >= 15 is 0 Å². The van der Waals surface area contributed by atoms with Crippen LogP contribution in [0.2, 0.25) is 5.02 Å². The van der Waals surface area contributed by atoms with Gasteiger partial charge in [0.2, 0.25) is 4.96 Å². The molecular weight excluding hydrogens is 462 g/mol. The zero-order chi connectivity index (χ0) is 22.8. The molecule has 0 saturated carbocycles. The predicted molar refractivity (Wildman–Crippen MR) is 128 cm³/mol. The Kier molecular flexibility index (Phi) is 5.97. The zero-order valence-corrected chi connectivity index (χ0v) is 19.1. The molecule has 0 N–H and O–H groups in total. The maximum Gasteiger partial charge on any atom is 0.277 e. The van der Waals surface area contributed by atoms with Gasteiger partial charge in [-0.15, -0.1) is 0 Å². The highest BCUT2D eigenvalue weighted by Gasteiger charge is 2.23. The van der Waals surface area contributed by atoms with Gasteiger partial charge in [0.25, 0.3) is 11.5 Å². The Hall–Kier alpha value is -3.43. The van der Waals surface area contributed by atoms with E-state index in [0.717, 1.165) is 10.6 Å². The van der Waals surface area contributed by atoms with Gasteiger partial charge in [-0.3, -0.25) is 9.59 Å². The molecule has 1 amide bonds. The first-order chi connectivity index (χ1) is 16.1. The molecule has 1 aliphatic rings. The monoisotopic (exact) mass is 481 g/mol. The smallest absolute Gasteiger partial charge is 0.277 e. The standard InChI is InChI=1S/C23H20ClN5O3S/c24-17-6-8-18(9-7-17)32-15-21(31)28-12-10-27(11-13-28)19-14-20(30)29-23(25-19)33-22(26-29)16-4-2-1-3-5-16/h1-9,14H,10-13,15H2. The summed E-state index contributed by atoms with van der Waals surface area (Å²) in [5.41, 5.74) is 0.727. The van der Waals surface area contributed by atoms with Crippen molar-refractivity contribution < 1.29 is 9.53 Å². The number of aromatic nitrogens is 3. The molecule has 33 heavy (non-hydrogen) atoms. The third-order valence-corrected chi connectivity index (χ3v) is 6.59. The van der Waals surface area contributed by atoms with Crippen molar-refractivity contribution in [3.63, 3.8) is 0 Å². The number of rotatable bonds is 5. The van der Waals surface area contributed by atoms with E-state index in [2.05, 4.69) is 10.1 Å². The SMILES string of the molecule is O=C(COc1ccc(Cl)cc1)N1CCN(c2cc(=O)n3nc(-c4ccccc4)sc3n2)CC1. The second-order valence-corrected chi connectivity index (χ2v) is 8.92. The van der Waals surface area contributed by atoms with E-state index in [9.17, 15) is 9.59 Å². The highest BCUT2D eigenvalue weighted by Crippen LogP contribution is 2.25. The molecule has 4 aromatic rings. The van der Waals surface area contributed by atoms with Crippen LogP contribution in [0.3, 0.4) is 0 Å². The van der Waals surface area contributed by atoms with Gasteiger partial charge in [0.05, 0.1) is 0 Å². The highest BCUT2D eigenvalue weighted by molar-refractivity contribution is 7.19. The van der Waals surface area contributed by atoms with Gasteiger partial charge < -0.3 is 14.5 Å². The lowest BCUT2D eigenvalue weighted by molar-refractivity contribution is -0.133. The fourth-order valence-corrected chi connectivity index (χ4v) is 4.64. The largest absolute Gasteiger partial charge is 0.484 e. The topological polar surface area (TPSA) is 80.0 Å². The lowest BCUT2D eigenvalue weighted by atomic mass is 10.2. The maximum absolute atomic E-state index is 12.7. The number of anilines is 1. The Morgan fingerprint density at radius 1 is 1.03 bits per heavy atom. The lowest BCUT2D eigenvalue weighted by Crippen LogP contribution is -2.50. The first-order valence-electron chi connectivity index (χ1n) is 10.4. The van der Waals surface area contributed by atoms with E-state index in [-0.39, 0.29) is 18.1 Å². The van der Waals surface area contributed by atoms with Crippen LogP contribution in [0.1, 0.15) is 0 Å². The van der Waals surface area contributed by atoms with Gasteiger partial charge in [0, 0.05) is 42.8 Å². The van der Waals surface area contributed by atoms with Crippen LogP contribution in [0.15, 0.2) is 65.5 Å². The zero-order valence-electron chi connectivity index (χ0n) is 17.6. The van der Waals surface area contributed by atoms with Crippen LogP contribution in [0.5, 0.6) is 5.75 Å². The van der Waals surface area contributed by atoms with E-state index < -0.39 is 0 Å². The molecule has 0 aliphatic carbocycles. The van der Waals surface area contributed by atoms with Crippen LogP contribution in [0.25, 0.3) is 15.5 Å². The molecule has 0 atom stereocenters. The van der Waals surface area contributed by atoms with Crippen LogP contribution in [-0.4, -0.2) is 58.2 Å². The van der Waals surface area contributed by atoms with E-state index in [1.54, 1.807) is 29.2 Å².